The molecule has 1 saturated heterocycles. The zero-order valence-corrected chi connectivity index (χ0v) is 30.9. The lowest BCUT2D eigenvalue weighted by atomic mass is 9.85. The number of aliphatic hydroxyl groups excluding tert-OH is 1. The number of carbonyl (C=O) groups is 4. The molecule has 1 aliphatic heterocycles. The number of unbranched alkanes of at least 4 members (excludes halogenated alkanes) is 5. The van der Waals surface area contributed by atoms with E-state index in [9.17, 15) is 24.3 Å². The molecule has 0 aliphatic carbocycles. The summed E-state index contributed by atoms with van der Waals surface area (Å²) in [4.78, 5) is 59.1. The minimum atomic E-state index is -0.848. The van der Waals surface area contributed by atoms with Gasteiger partial charge in [0.25, 0.3) is 0 Å². The van der Waals surface area contributed by atoms with Gasteiger partial charge in [0.15, 0.2) is 0 Å². The third kappa shape index (κ3) is 12.0. The highest BCUT2D eigenvalue weighted by Gasteiger charge is 2.44. The van der Waals surface area contributed by atoms with E-state index < -0.39 is 29.2 Å². The Kier molecular flexibility index (Phi) is 14.2. The molecular formula is C37H56N4O6S. The van der Waals surface area contributed by atoms with Gasteiger partial charge in [0.2, 0.25) is 17.7 Å². The van der Waals surface area contributed by atoms with Gasteiger partial charge in [0, 0.05) is 25.8 Å². The lowest BCUT2D eigenvalue weighted by Crippen LogP contribution is -2.57. The van der Waals surface area contributed by atoms with Crippen LogP contribution >= 0.6 is 11.3 Å². The van der Waals surface area contributed by atoms with E-state index in [1.165, 1.54) is 4.90 Å². The van der Waals surface area contributed by atoms with Crippen LogP contribution in [0.4, 0.5) is 0 Å². The van der Waals surface area contributed by atoms with Crippen LogP contribution in [0.1, 0.15) is 124 Å². The van der Waals surface area contributed by atoms with E-state index in [0.717, 1.165) is 53.8 Å². The van der Waals surface area contributed by atoms with Crippen molar-refractivity contribution in [3.8, 4) is 10.4 Å². The van der Waals surface area contributed by atoms with Crippen molar-refractivity contribution in [1.29, 1.82) is 0 Å². The lowest BCUT2D eigenvalue weighted by molar-refractivity contribution is -0.155. The highest BCUT2D eigenvalue weighted by Crippen LogP contribution is 2.29. The number of aliphatic hydroxyl groups is 1. The topological polar surface area (TPSA) is 138 Å². The minimum Gasteiger partial charge on any atom is -0.460 e. The third-order valence-electron chi connectivity index (χ3n) is 8.51. The fraction of sp³-hybridized carbons (Fsp3) is 0.649. The maximum atomic E-state index is 13.9. The number of rotatable bonds is 15. The average molecular weight is 685 g/mol. The molecule has 266 valence electrons. The SMILES string of the molecule is Cc1ncsc1-c1ccc([C@H](C)NC(=O)[C@@H]2C[C@@H](O)CN2C(=O)C(NC(=O)CCCCCCCCC(=O)OC(C)(C)C)C(C)(C)C)cc1. The third-order valence-corrected chi connectivity index (χ3v) is 9.49. The zero-order valence-electron chi connectivity index (χ0n) is 30.1. The smallest absolute Gasteiger partial charge is 0.306 e. The van der Waals surface area contributed by atoms with E-state index in [2.05, 4.69) is 15.6 Å². The Hall–Kier alpha value is -3.31. The predicted molar refractivity (Wildman–Crippen MR) is 189 cm³/mol. The van der Waals surface area contributed by atoms with Crippen molar-refractivity contribution in [3.05, 3.63) is 41.0 Å². The molecule has 1 aliphatic rings. The number of hydrogen-bond acceptors (Lipinski definition) is 8. The van der Waals surface area contributed by atoms with Gasteiger partial charge < -0.3 is 25.4 Å². The molecule has 1 unspecified atom stereocenters. The van der Waals surface area contributed by atoms with E-state index in [0.29, 0.717) is 19.3 Å². The predicted octanol–water partition coefficient (Wildman–Crippen LogP) is 6.25. The molecule has 0 saturated carbocycles. The first-order chi connectivity index (χ1) is 22.5. The quantitative estimate of drug-likeness (QED) is 0.149. The second-order valence-electron chi connectivity index (χ2n) is 15.1. The fourth-order valence-corrected chi connectivity index (χ4v) is 6.71. The molecular weight excluding hydrogens is 628 g/mol. The van der Waals surface area contributed by atoms with Gasteiger partial charge in [0.05, 0.1) is 28.2 Å². The Labute approximate surface area is 290 Å². The molecule has 1 aromatic carbocycles. The summed E-state index contributed by atoms with van der Waals surface area (Å²) in [5, 5.41) is 16.5. The maximum absolute atomic E-state index is 13.9. The van der Waals surface area contributed by atoms with Gasteiger partial charge in [-0.05, 0) is 64.0 Å². The maximum Gasteiger partial charge on any atom is 0.306 e. The number of thiazole rings is 1. The Balaban J connectivity index is 1.50. The number of likely N-dealkylation sites (tertiary alicyclic amines) is 1. The molecule has 48 heavy (non-hydrogen) atoms. The summed E-state index contributed by atoms with van der Waals surface area (Å²) < 4.78 is 5.34. The van der Waals surface area contributed by atoms with E-state index in [1.54, 1.807) is 11.3 Å². The Morgan fingerprint density at radius 1 is 0.958 bits per heavy atom. The molecule has 0 radical (unpaired) electrons. The second kappa shape index (κ2) is 17.4. The Morgan fingerprint density at radius 2 is 1.56 bits per heavy atom. The molecule has 11 heteroatoms. The number of β-amino-alcohol motifs (C(OH)–C–C–N with tert-alkyl or cyclic N) is 1. The summed E-state index contributed by atoms with van der Waals surface area (Å²) in [6.07, 6.45) is 5.24. The van der Waals surface area contributed by atoms with Gasteiger partial charge in [-0.2, -0.15) is 0 Å². The van der Waals surface area contributed by atoms with Gasteiger partial charge in [-0.1, -0.05) is 70.7 Å². The monoisotopic (exact) mass is 684 g/mol. The molecule has 1 fully saturated rings. The molecule has 3 amide bonds. The number of benzene rings is 1. The normalized spacial score (nSPS) is 17.9. The standard InChI is InChI=1S/C37H56N4O6S/c1-24(26-17-19-27(20-18-26)32-25(2)38-23-48-32)39-34(45)29-21-28(42)22-41(29)35(46)33(36(3,4)5)40-30(43)15-13-11-9-10-12-14-16-31(44)47-37(6,7)8/h17-20,23-24,28-29,33,42H,9-16,21-22H2,1-8H3,(H,39,45)(H,40,43)/t24-,28+,29-,33?/m0/s1. The summed E-state index contributed by atoms with van der Waals surface area (Å²) in [6.45, 7) is 15.1. The van der Waals surface area contributed by atoms with Crippen molar-refractivity contribution in [2.24, 2.45) is 5.41 Å². The number of amides is 3. The van der Waals surface area contributed by atoms with Crippen LogP contribution in [0.25, 0.3) is 10.4 Å². The highest BCUT2D eigenvalue weighted by atomic mass is 32.1. The average Bonchev–Trinajstić information content (AvgIpc) is 3.60. The number of esters is 1. The van der Waals surface area contributed by atoms with E-state index in [4.69, 9.17) is 4.74 Å². The zero-order chi connectivity index (χ0) is 35.6. The van der Waals surface area contributed by atoms with Gasteiger partial charge in [-0.3, -0.25) is 19.2 Å². The molecule has 0 bridgehead atoms. The molecule has 10 nitrogen and oxygen atoms in total. The molecule has 1 aromatic heterocycles. The summed E-state index contributed by atoms with van der Waals surface area (Å²) >= 11 is 1.58. The molecule has 4 atom stereocenters. The van der Waals surface area contributed by atoms with Crippen LogP contribution in [0.3, 0.4) is 0 Å². The van der Waals surface area contributed by atoms with Crippen LogP contribution in [0.15, 0.2) is 29.8 Å². The molecule has 3 N–H and O–H groups in total. The van der Waals surface area contributed by atoms with Crippen molar-refractivity contribution in [2.45, 2.75) is 143 Å². The van der Waals surface area contributed by atoms with Crippen molar-refractivity contribution in [1.82, 2.24) is 20.5 Å². The molecule has 0 spiro atoms. The largest absolute Gasteiger partial charge is 0.460 e. The summed E-state index contributed by atoms with van der Waals surface area (Å²) in [7, 11) is 0. The Morgan fingerprint density at radius 3 is 2.12 bits per heavy atom. The Bertz CT molecular complexity index is 1380. The number of hydrogen-bond donors (Lipinski definition) is 3. The summed E-state index contributed by atoms with van der Waals surface area (Å²) in [6, 6.07) is 5.98. The minimum absolute atomic E-state index is 0.0323. The van der Waals surface area contributed by atoms with E-state index >= 15 is 0 Å². The fourth-order valence-electron chi connectivity index (χ4n) is 5.90. The van der Waals surface area contributed by atoms with Gasteiger partial charge in [-0.25, -0.2) is 4.98 Å². The van der Waals surface area contributed by atoms with Crippen LogP contribution < -0.4 is 10.6 Å². The number of nitrogens with one attached hydrogen (secondary N) is 2. The number of nitrogens with zero attached hydrogens (tertiary/aromatic N) is 2. The van der Waals surface area contributed by atoms with Gasteiger partial charge in [0.1, 0.15) is 17.7 Å². The molecule has 3 rings (SSSR count). The first-order valence-corrected chi connectivity index (χ1v) is 18.1. The number of carbonyl (C=O) groups excluding carboxylic acids is 4. The van der Waals surface area contributed by atoms with Crippen LogP contribution in [-0.2, 0) is 23.9 Å². The number of ether oxygens (including phenoxy) is 1. The summed E-state index contributed by atoms with van der Waals surface area (Å²) in [5.41, 5.74) is 3.71. The molecule has 2 heterocycles. The first-order valence-electron chi connectivity index (χ1n) is 17.3. The first kappa shape index (κ1) is 39.1. The lowest BCUT2D eigenvalue weighted by Gasteiger charge is -2.35. The van der Waals surface area contributed by atoms with Crippen molar-refractivity contribution < 1.29 is 29.0 Å². The van der Waals surface area contributed by atoms with Crippen molar-refractivity contribution in [3.63, 3.8) is 0 Å². The van der Waals surface area contributed by atoms with E-state index in [-0.39, 0.29) is 42.7 Å². The molecule has 2 aromatic rings. The van der Waals surface area contributed by atoms with Crippen LogP contribution in [-0.4, -0.2) is 69.0 Å². The van der Waals surface area contributed by atoms with Crippen molar-refractivity contribution >= 4 is 35.0 Å². The van der Waals surface area contributed by atoms with Gasteiger partial charge >= 0.3 is 5.97 Å². The van der Waals surface area contributed by atoms with E-state index in [1.807, 2.05) is 85.2 Å². The van der Waals surface area contributed by atoms with Crippen LogP contribution in [0, 0.1) is 12.3 Å². The van der Waals surface area contributed by atoms with Crippen molar-refractivity contribution in [2.75, 3.05) is 6.54 Å². The summed E-state index contributed by atoms with van der Waals surface area (Å²) in [5.74, 6) is -1.08. The van der Waals surface area contributed by atoms with Gasteiger partial charge in [-0.15, -0.1) is 11.3 Å². The second-order valence-corrected chi connectivity index (χ2v) is 15.9. The van der Waals surface area contributed by atoms with Crippen LogP contribution in [0.5, 0.6) is 0 Å². The number of aryl methyl sites for hydroxylation is 1. The van der Waals surface area contributed by atoms with Crippen LogP contribution in [0.2, 0.25) is 0 Å². The number of aromatic nitrogens is 1. The highest BCUT2D eigenvalue weighted by molar-refractivity contribution is 7.13.